The Balaban J connectivity index is 2.20. The molecular weight excluding hydrogens is 288 g/mol. The SMILES string of the molecule is Cc1cc(C)c2c(c1)c(C)cc(=O)n2[C@@H](C)C(=O)N1CCCC1. The normalized spacial score (nSPS) is 16.1. The van der Waals surface area contributed by atoms with Crippen molar-refractivity contribution in [1.82, 2.24) is 9.47 Å². The largest absolute Gasteiger partial charge is 0.341 e. The molecule has 1 amide bonds. The molecule has 0 aliphatic carbocycles. The predicted molar refractivity (Wildman–Crippen MR) is 92.9 cm³/mol. The minimum absolute atomic E-state index is 0.0507. The number of benzene rings is 1. The van der Waals surface area contributed by atoms with Crippen LogP contribution in [0.3, 0.4) is 0 Å². The number of carbonyl (C=O) groups is 1. The lowest BCUT2D eigenvalue weighted by Gasteiger charge is -2.24. The molecule has 1 aromatic heterocycles. The Morgan fingerprint density at radius 1 is 1.04 bits per heavy atom. The number of rotatable bonds is 2. The molecule has 4 heteroatoms. The third kappa shape index (κ3) is 2.67. The molecule has 4 nitrogen and oxygen atoms in total. The van der Waals surface area contributed by atoms with Crippen LogP contribution in [0.2, 0.25) is 0 Å². The maximum Gasteiger partial charge on any atom is 0.252 e. The summed E-state index contributed by atoms with van der Waals surface area (Å²) in [5.74, 6) is 0.0507. The molecule has 2 heterocycles. The molecule has 0 radical (unpaired) electrons. The summed E-state index contributed by atoms with van der Waals surface area (Å²) in [4.78, 5) is 27.3. The number of amides is 1. The second-order valence-corrected chi connectivity index (χ2v) is 6.72. The topological polar surface area (TPSA) is 42.3 Å². The van der Waals surface area contributed by atoms with Gasteiger partial charge in [0.2, 0.25) is 5.91 Å². The number of likely N-dealkylation sites (tertiary alicyclic amines) is 1. The Kier molecular flexibility index (Phi) is 4.00. The lowest BCUT2D eigenvalue weighted by atomic mass is 10.0. The highest BCUT2D eigenvalue weighted by molar-refractivity contribution is 5.89. The number of nitrogens with zero attached hydrogens (tertiary/aromatic N) is 2. The molecule has 1 aliphatic heterocycles. The number of hydrogen-bond donors (Lipinski definition) is 0. The van der Waals surface area contributed by atoms with Crippen molar-refractivity contribution in [3.8, 4) is 0 Å². The number of carbonyl (C=O) groups excluding carboxylic acids is 1. The summed E-state index contributed by atoms with van der Waals surface area (Å²) in [7, 11) is 0. The van der Waals surface area contributed by atoms with E-state index in [1.165, 1.54) is 5.56 Å². The van der Waals surface area contributed by atoms with Gasteiger partial charge in [-0.1, -0.05) is 11.6 Å². The zero-order valence-corrected chi connectivity index (χ0v) is 14.3. The van der Waals surface area contributed by atoms with E-state index in [2.05, 4.69) is 19.1 Å². The number of fused-ring (bicyclic) bond motifs is 1. The van der Waals surface area contributed by atoms with Crippen LogP contribution in [-0.2, 0) is 4.79 Å². The average Bonchev–Trinajstić information content (AvgIpc) is 3.01. The van der Waals surface area contributed by atoms with Crippen molar-refractivity contribution in [3.63, 3.8) is 0 Å². The molecule has 0 bridgehead atoms. The van der Waals surface area contributed by atoms with E-state index in [1.54, 1.807) is 10.6 Å². The van der Waals surface area contributed by atoms with Crippen LogP contribution < -0.4 is 5.56 Å². The average molecular weight is 312 g/mol. The van der Waals surface area contributed by atoms with E-state index in [0.717, 1.165) is 48.0 Å². The molecule has 0 saturated carbocycles. The number of aryl methyl sites for hydroxylation is 3. The van der Waals surface area contributed by atoms with E-state index in [1.807, 2.05) is 25.7 Å². The minimum atomic E-state index is -0.467. The summed E-state index contributed by atoms with van der Waals surface area (Å²) < 4.78 is 1.68. The van der Waals surface area contributed by atoms with Gasteiger partial charge in [-0.15, -0.1) is 0 Å². The Labute approximate surface area is 136 Å². The first-order valence-corrected chi connectivity index (χ1v) is 8.32. The second kappa shape index (κ2) is 5.84. The van der Waals surface area contributed by atoms with Gasteiger partial charge in [0.15, 0.2) is 0 Å². The van der Waals surface area contributed by atoms with Crippen LogP contribution in [0.15, 0.2) is 23.0 Å². The standard InChI is InChI=1S/C19H24N2O2/c1-12-9-14(3)18-16(10-12)13(2)11-17(22)21(18)15(4)19(23)20-7-5-6-8-20/h9-11,15H,5-8H2,1-4H3/t15-/m0/s1. The predicted octanol–water partition coefficient (Wildman–Crippen LogP) is 3.11. The first kappa shape index (κ1) is 15.8. The Bertz CT molecular complexity index is 829. The smallest absolute Gasteiger partial charge is 0.252 e. The van der Waals surface area contributed by atoms with Crippen LogP contribution in [0.1, 0.15) is 42.5 Å². The van der Waals surface area contributed by atoms with Gasteiger partial charge in [-0.2, -0.15) is 0 Å². The van der Waals surface area contributed by atoms with Crippen molar-refractivity contribution in [3.05, 3.63) is 45.2 Å². The van der Waals surface area contributed by atoms with Crippen molar-refractivity contribution >= 4 is 16.8 Å². The summed E-state index contributed by atoms with van der Waals surface area (Å²) in [6, 6.07) is 5.35. The van der Waals surface area contributed by atoms with Gasteiger partial charge in [-0.3, -0.25) is 14.2 Å². The van der Waals surface area contributed by atoms with Gasteiger partial charge in [0.25, 0.3) is 5.56 Å². The van der Waals surface area contributed by atoms with E-state index in [-0.39, 0.29) is 11.5 Å². The molecule has 1 aliphatic rings. The van der Waals surface area contributed by atoms with Gasteiger partial charge in [-0.25, -0.2) is 0 Å². The first-order chi connectivity index (χ1) is 10.9. The van der Waals surface area contributed by atoms with Crippen molar-refractivity contribution in [1.29, 1.82) is 0 Å². The highest BCUT2D eigenvalue weighted by atomic mass is 16.2. The van der Waals surface area contributed by atoms with Crippen LogP contribution in [0.25, 0.3) is 10.9 Å². The van der Waals surface area contributed by atoms with Gasteiger partial charge < -0.3 is 4.90 Å². The van der Waals surface area contributed by atoms with Crippen LogP contribution in [-0.4, -0.2) is 28.5 Å². The quantitative estimate of drug-likeness (QED) is 0.855. The van der Waals surface area contributed by atoms with Gasteiger partial charge >= 0.3 is 0 Å². The third-order valence-corrected chi connectivity index (χ3v) is 4.85. The van der Waals surface area contributed by atoms with Crippen LogP contribution >= 0.6 is 0 Å². The van der Waals surface area contributed by atoms with Gasteiger partial charge in [0.05, 0.1) is 5.52 Å². The fraction of sp³-hybridized carbons (Fsp3) is 0.474. The van der Waals surface area contributed by atoms with E-state index in [0.29, 0.717) is 0 Å². The minimum Gasteiger partial charge on any atom is -0.341 e. The first-order valence-electron chi connectivity index (χ1n) is 8.32. The van der Waals surface area contributed by atoms with E-state index in [9.17, 15) is 9.59 Å². The maximum absolute atomic E-state index is 12.8. The molecule has 122 valence electrons. The lowest BCUT2D eigenvalue weighted by molar-refractivity contribution is -0.133. The fourth-order valence-electron chi connectivity index (χ4n) is 3.72. The summed E-state index contributed by atoms with van der Waals surface area (Å²) in [5.41, 5.74) is 3.97. The van der Waals surface area contributed by atoms with Crippen LogP contribution in [0, 0.1) is 20.8 Å². The molecule has 1 atom stereocenters. The Morgan fingerprint density at radius 3 is 2.35 bits per heavy atom. The second-order valence-electron chi connectivity index (χ2n) is 6.72. The molecule has 1 aromatic carbocycles. The fourth-order valence-corrected chi connectivity index (χ4v) is 3.72. The molecule has 2 aromatic rings. The monoisotopic (exact) mass is 312 g/mol. The summed E-state index contributed by atoms with van der Waals surface area (Å²) >= 11 is 0. The Morgan fingerprint density at radius 2 is 1.70 bits per heavy atom. The van der Waals surface area contributed by atoms with Gasteiger partial charge in [0, 0.05) is 24.5 Å². The van der Waals surface area contributed by atoms with Crippen LogP contribution in [0.4, 0.5) is 0 Å². The third-order valence-electron chi connectivity index (χ3n) is 4.85. The maximum atomic E-state index is 12.8. The van der Waals surface area contributed by atoms with Crippen LogP contribution in [0.5, 0.6) is 0 Å². The molecule has 0 spiro atoms. The zero-order chi connectivity index (χ0) is 16.7. The highest BCUT2D eigenvalue weighted by Gasteiger charge is 2.26. The highest BCUT2D eigenvalue weighted by Crippen LogP contribution is 2.25. The Hall–Kier alpha value is -2.10. The lowest BCUT2D eigenvalue weighted by Crippen LogP contribution is -2.38. The van der Waals surface area contributed by atoms with E-state index < -0.39 is 6.04 Å². The molecule has 1 fully saturated rings. The summed E-state index contributed by atoms with van der Waals surface area (Å²) in [6.45, 7) is 9.48. The van der Waals surface area contributed by atoms with Crippen molar-refractivity contribution in [2.75, 3.05) is 13.1 Å². The zero-order valence-electron chi connectivity index (χ0n) is 14.3. The molecule has 0 N–H and O–H groups in total. The van der Waals surface area contributed by atoms with Crippen molar-refractivity contribution in [2.24, 2.45) is 0 Å². The van der Waals surface area contributed by atoms with E-state index >= 15 is 0 Å². The summed E-state index contributed by atoms with van der Waals surface area (Å²) in [5, 5.41) is 1.06. The van der Waals surface area contributed by atoms with Gasteiger partial charge in [0.1, 0.15) is 6.04 Å². The van der Waals surface area contributed by atoms with Gasteiger partial charge in [-0.05, 0) is 57.7 Å². The molecule has 1 saturated heterocycles. The molecule has 23 heavy (non-hydrogen) atoms. The molecule has 0 unspecified atom stereocenters. The summed E-state index contributed by atoms with van der Waals surface area (Å²) in [6.07, 6.45) is 2.11. The molecule has 3 rings (SSSR count). The molecular formula is C19H24N2O2. The number of hydrogen-bond acceptors (Lipinski definition) is 2. The number of aromatic nitrogens is 1. The van der Waals surface area contributed by atoms with Crippen molar-refractivity contribution < 1.29 is 4.79 Å². The van der Waals surface area contributed by atoms with E-state index in [4.69, 9.17) is 0 Å². The number of pyridine rings is 1. The van der Waals surface area contributed by atoms with Crippen molar-refractivity contribution in [2.45, 2.75) is 46.6 Å².